The van der Waals surface area contributed by atoms with E-state index in [-0.39, 0.29) is 10.6 Å². The van der Waals surface area contributed by atoms with Gasteiger partial charge in [0.15, 0.2) is 0 Å². The summed E-state index contributed by atoms with van der Waals surface area (Å²) in [6, 6.07) is 7.58. The van der Waals surface area contributed by atoms with E-state index in [9.17, 15) is 13.5 Å². The minimum absolute atomic E-state index is 0.0603. The van der Waals surface area contributed by atoms with Crippen LogP contribution in [0.25, 0.3) is 0 Å². The number of hydrogen-bond donors (Lipinski definition) is 4. The number of nitrogens with two attached hydrogens (primary N) is 2. The number of aromatic hydroxyl groups is 1. The molecule has 2 aromatic rings. The first-order chi connectivity index (χ1) is 9.36. The van der Waals surface area contributed by atoms with E-state index in [1.54, 1.807) is 12.1 Å². The van der Waals surface area contributed by atoms with Crippen molar-refractivity contribution in [3.63, 3.8) is 0 Å². The Kier molecular flexibility index (Phi) is 3.77. The summed E-state index contributed by atoms with van der Waals surface area (Å²) in [6.07, 6.45) is 1.16. The highest BCUT2D eigenvalue weighted by Crippen LogP contribution is 2.20. The van der Waals surface area contributed by atoms with Gasteiger partial charge < -0.3 is 16.2 Å². The van der Waals surface area contributed by atoms with E-state index in [0.29, 0.717) is 23.6 Å². The molecule has 8 heteroatoms. The van der Waals surface area contributed by atoms with Crippen molar-refractivity contribution in [3.05, 3.63) is 42.1 Å². The summed E-state index contributed by atoms with van der Waals surface area (Å²) in [7, 11) is -3.75. The van der Waals surface area contributed by atoms with Crippen molar-refractivity contribution in [2.45, 2.75) is 11.4 Å². The van der Waals surface area contributed by atoms with E-state index in [0.717, 1.165) is 6.20 Å². The lowest BCUT2D eigenvalue weighted by Crippen LogP contribution is -2.12. The molecule has 0 aliphatic carbocycles. The predicted molar refractivity (Wildman–Crippen MR) is 75.5 cm³/mol. The Labute approximate surface area is 116 Å². The molecule has 0 unspecified atom stereocenters. The predicted octanol–water partition coefficient (Wildman–Crippen LogP) is 0.629. The number of phenolic OH excluding ortho intramolecular Hbond substituents is 1. The maximum Gasteiger partial charge on any atom is 0.239 e. The lowest BCUT2D eigenvalue weighted by atomic mass is 10.2. The minimum Gasteiger partial charge on any atom is -0.508 e. The van der Waals surface area contributed by atoms with Crippen molar-refractivity contribution in [1.29, 1.82) is 0 Å². The molecule has 0 spiro atoms. The normalized spacial score (nSPS) is 11.2. The summed E-state index contributed by atoms with van der Waals surface area (Å²) in [5, 5.41) is 17.6. The van der Waals surface area contributed by atoms with Crippen molar-refractivity contribution in [1.82, 2.24) is 4.98 Å². The number of pyridine rings is 1. The molecule has 0 amide bonds. The van der Waals surface area contributed by atoms with Crippen molar-refractivity contribution < 1.29 is 13.5 Å². The van der Waals surface area contributed by atoms with Crippen LogP contribution >= 0.6 is 0 Å². The standard InChI is InChI=1S/C12H14N4O3S/c13-9-1-3-11(17)8(5-9)6-15-12-4-2-10(7-16-12)20(14,18)19/h1-5,7,17H,6,13H2,(H,15,16)(H2,14,18,19). The van der Waals surface area contributed by atoms with Gasteiger partial charge in [0.1, 0.15) is 16.5 Å². The highest BCUT2D eigenvalue weighted by Gasteiger charge is 2.08. The lowest BCUT2D eigenvalue weighted by Gasteiger charge is -2.08. The number of nitrogens with one attached hydrogen (secondary N) is 1. The van der Waals surface area contributed by atoms with Gasteiger partial charge in [0.05, 0.1) is 0 Å². The van der Waals surface area contributed by atoms with Gasteiger partial charge in [0, 0.05) is 24.0 Å². The average molecular weight is 294 g/mol. The second-order valence-electron chi connectivity index (χ2n) is 4.17. The number of nitrogens with zero attached hydrogens (tertiary/aromatic N) is 1. The number of nitrogen functional groups attached to an aromatic ring is 1. The summed E-state index contributed by atoms with van der Waals surface area (Å²) in [5.74, 6) is 0.576. The molecule has 0 aliphatic heterocycles. The molecule has 0 radical (unpaired) electrons. The molecule has 7 nitrogen and oxygen atoms in total. The second-order valence-corrected chi connectivity index (χ2v) is 5.73. The number of anilines is 2. The van der Waals surface area contributed by atoms with Gasteiger partial charge in [-0.2, -0.15) is 0 Å². The van der Waals surface area contributed by atoms with E-state index >= 15 is 0 Å². The van der Waals surface area contributed by atoms with Crippen molar-refractivity contribution in [2.75, 3.05) is 11.1 Å². The van der Waals surface area contributed by atoms with Crippen LogP contribution in [-0.2, 0) is 16.6 Å². The SMILES string of the molecule is Nc1ccc(O)c(CNc2ccc(S(N)(=O)=O)cn2)c1. The summed E-state index contributed by atoms with van der Waals surface area (Å²) >= 11 is 0. The molecule has 1 aromatic heterocycles. The van der Waals surface area contributed by atoms with Crippen LogP contribution in [0.3, 0.4) is 0 Å². The maximum absolute atomic E-state index is 11.1. The van der Waals surface area contributed by atoms with Crippen LogP contribution in [-0.4, -0.2) is 18.5 Å². The molecular weight excluding hydrogens is 280 g/mol. The fourth-order valence-corrected chi connectivity index (χ4v) is 2.04. The van der Waals surface area contributed by atoms with Crippen LogP contribution in [0.5, 0.6) is 5.75 Å². The Bertz CT molecular complexity index is 714. The van der Waals surface area contributed by atoms with Gasteiger partial charge >= 0.3 is 0 Å². The fourth-order valence-electron chi connectivity index (χ4n) is 1.59. The maximum atomic E-state index is 11.1. The number of sulfonamides is 1. The molecule has 0 bridgehead atoms. The van der Waals surface area contributed by atoms with E-state index in [1.165, 1.54) is 18.2 Å². The van der Waals surface area contributed by atoms with Crippen molar-refractivity contribution in [3.8, 4) is 5.75 Å². The number of phenols is 1. The summed E-state index contributed by atoms with van der Waals surface area (Å²) in [4.78, 5) is 3.87. The average Bonchev–Trinajstić information content (AvgIpc) is 2.39. The minimum atomic E-state index is -3.75. The highest BCUT2D eigenvalue weighted by molar-refractivity contribution is 7.89. The lowest BCUT2D eigenvalue weighted by molar-refractivity contribution is 0.469. The zero-order chi connectivity index (χ0) is 14.8. The number of benzene rings is 1. The molecule has 6 N–H and O–H groups in total. The Hall–Kier alpha value is -2.32. The first kappa shape index (κ1) is 14.1. The molecule has 0 saturated heterocycles. The number of hydrogen-bond acceptors (Lipinski definition) is 6. The smallest absolute Gasteiger partial charge is 0.239 e. The summed E-state index contributed by atoms with van der Waals surface area (Å²) < 4.78 is 22.2. The topological polar surface area (TPSA) is 131 Å². The molecule has 2 rings (SSSR count). The third-order valence-corrected chi connectivity index (χ3v) is 3.53. The van der Waals surface area contributed by atoms with Crippen LogP contribution in [0.15, 0.2) is 41.4 Å². The van der Waals surface area contributed by atoms with Crippen LogP contribution < -0.4 is 16.2 Å². The molecule has 20 heavy (non-hydrogen) atoms. The first-order valence-electron chi connectivity index (χ1n) is 5.66. The number of primary sulfonamides is 1. The van der Waals surface area contributed by atoms with Gasteiger partial charge in [-0.25, -0.2) is 18.5 Å². The molecule has 106 valence electrons. The number of rotatable bonds is 4. The van der Waals surface area contributed by atoms with Gasteiger partial charge in [-0.05, 0) is 30.3 Å². The Morgan fingerprint density at radius 3 is 2.60 bits per heavy atom. The van der Waals surface area contributed by atoms with Gasteiger partial charge in [0.25, 0.3) is 0 Å². The van der Waals surface area contributed by atoms with Crippen LogP contribution in [0.1, 0.15) is 5.56 Å². The van der Waals surface area contributed by atoms with Gasteiger partial charge in [-0.1, -0.05) is 0 Å². The summed E-state index contributed by atoms with van der Waals surface area (Å²) in [6.45, 7) is 0.304. The molecule has 0 atom stereocenters. The van der Waals surface area contributed by atoms with Crippen LogP contribution in [0.4, 0.5) is 11.5 Å². The monoisotopic (exact) mass is 294 g/mol. The van der Waals surface area contributed by atoms with Crippen LogP contribution in [0.2, 0.25) is 0 Å². The van der Waals surface area contributed by atoms with E-state index in [1.807, 2.05) is 0 Å². The van der Waals surface area contributed by atoms with E-state index < -0.39 is 10.0 Å². The van der Waals surface area contributed by atoms with E-state index in [4.69, 9.17) is 10.9 Å². The first-order valence-corrected chi connectivity index (χ1v) is 7.21. The molecule has 0 aliphatic rings. The highest BCUT2D eigenvalue weighted by atomic mass is 32.2. The Morgan fingerprint density at radius 2 is 2.00 bits per heavy atom. The second kappa shape index (κ2) is 5.35. The molecule has 1 heterocycles. The third-order valence-electron chi connectivity index (χ3n) is 2.63. The largest absolute Gasteiger partial charge is 0.508 e. The van der Waals surface area contributed by atoms with Crippen molar-refractivity contribution >= 4 is 21.5 Å². The third kappa shape index (κ3) is 3.37. The fraction of sp³-hybridized carbons (Fsp3) is 0.0833. The molecule has 1 aromatic carbocycles. The molecule has 0 fully saturated rings. The quantitative estimate of drug-likeness (QED) is 0.483. The van der Waals surface area contributed by atoms with Gasteiger partial charge in [0.2, 0.25) is 10.0 Å². The summed E-state index contributed by atoms with van der Waals surface area (Å²) in [5.41, 5.74) is 6.78. The van der Waals surface area contributed by atoms with E-state index in [2.05, 4.69) is 10.3 Å². The van der Waals surface area contributed by atoms with Crippen molar-refractivity contribution in [2.24, 2.45) is 5.14 Å². The van der Waals surface area contributed by atoms with Gasteiger partial charge in [-0.15, -0.1) is 0 Å². The molecular formula is C12H14N4O3S. The number of aromatic nitrogens is 1. The Balaban J connectivity index is 2.10. The Morgan fingerprint density at radius 1 is 1.25 bits per heavy atom. The zero-order valence-corrected chi connectivity index (χ0v) is 11.3. The molecule has 0 saturated carbocycles. The van der Waals surface area contributed by atoms with Crippen LogP contribution in [0, 0.1) is 0 Å². The van der Waals surface area contributed by atoms with Gasteiger partial charge in [-0.3, -0.25) is 0 Å². The zero-order valence-electron chi connectivity index (χ0n) is 10.4.